The maximum absolute atomic E-state index is 12.0. The average Bonchev–Trinajstić information content (AvgIpc) is 2.59. The summed E-state index contributed by atoms with van der Waals surface area (Å²) in [6.07, 6.45) is 1.30. The lowest BCUT2D eigenvalue weighted by atomic mass is 10.1. The van der Waals surface area contributed by atoms with E-state index >= 15 is 0 Å². The molecule has 1 fully saturated rings. The van der Waals surface area contributed by atoms with Gasteiger partial charge in [-0.1, -0.05) is 5.21 Å². The Hall–Kier alpha value is -1.52. The number of nitrogens with zero attached hydrogens (tertiary/aromatic N) is 4. The van der Waals surface area contributed by atoms with Crippen molar-refractivity contribution in [2.75, 3.05) is 13.1 Å². The van der Waals surface area contributed by atoms with E-state index in [2.05, 4.69) is 15.0 Å². The van der Waals surface area contributed by atoms with Gasteiger partial charge in [0.1, 0.15) is 0 Å². The third-order valence-corrected chi connectivity index (χ3v) is 4.56. The fourth-order valence-corrected chi connectivity index (χ4v) is 3.42. The summed E-state index contributed by atoms with van der Waals surface area (Å²) >= 11 is 0. The van der Waals surface area contributed by atoms with Gasteiger partial charge >= 0.3 is 5.97 Å². The third-order valence-electron chi connectivity index (χ3n) is 2.71. The summed E-state index contributed by atoms with van der Waals surface area (Å²) < 4.78 is 29.2. The highest BCUT2D eigenvalue weighted by Crippen LogP contribution is 2.23. The Morgan fingerprint density at radius 3 is 2.50 bits per heavy atom. The van der Waals surface area contributed by atoms with Crippen molar-refractivity contribution >= 4 is 16.2 Å². The maximum Gasteiger partial charge on any atom is 0.358 e. The number of aromatic nitrogens is 3. The first-order valence-electron chi connectivity index (χ1n) is 6.03. The molecule has 2 N–H and O–H groups in total. The maximum atomic E-state index is 12.0. The molecule has 0 unspecified atom stereocenters. The van der Waals surface area contributed by atoms with Crippen LogP contribution in [-0.2, 0) is 10.2 Å². The Morgan fingerprint density at radius 2 is 2.05 bits per heavy atom. The molecule has 20 heavy (non-hydrogen) atoms. The summed E-state index contributed by atoms with van der Waals surface area (Å²) in [5.74, 6) is -1.16. The Labute approximate surface area is 116 Å². The molecule has 112 valence electrons. The number of carboxylic acids is 1. The summed E-state index contributed by atoms with van der Waals surface area (Å²) in [5, 5.41) is 15.9. The molecule has 2 heterocycles. The van der Waals surface area contributed by atoms with Crippen molar-refractivity contribution in [2.45, 2.75) is 32.4 Å². The molecular weight excluding hydrogens is 286 g/mol. The predicted octanol–water partition coefficient (Wildman–Crippen LogP) is -0.534. The highest BCUT2D eigenvalue weighted by molar-refractivity contribution is 7.87. The summed E-state index contributed by atoms with van der Waals surface area (Å²) in [4.78, 5) is 10.7. The van der Waals surface area contributed by atoms with Crippen molar-refractivity contribution in [3.8, 4) is 0 Å². The molecule has 0 spiro atoms. The van der Waals surface area contributed by atoms with E-state index < -0.39 is 21.7 Å². The van der Waals surface area contributed by atoms with E-state index in [-0.39, 0.29) is 24.8 Å². The van der Waals surface area contributed by atoms with Crippen LogP contribution in [0, 0.1) is 0 Å². The van der Waals surface area contributed by atoms with E-state index in [0.29, 0.717) is 0 Å². The summed E-state index contributed by atoms with van der Waals surface area (Å²) in [7, 11) is -3.53. The SMILES string of the molecule is CC(C)(C)NS(=O)(=O)N1CC(n2cc(C(=O)O)nn2)C1. The Kier molecular flexibility index (Phi) is 3.56. The quantitative estimate of drug-likeness (QED) is 0.772. The first-order chi connectivity index (χ1) is 9.08. The van der Waals surface area contributed by atoms with Gasteiger partial charge in [-0.15, -0.1) is 5.10 Å². The zero-order valence-electron chi connectivity index (χ0n) is 11.4. The van der Waals surface area contributed by atoms with Crippen molar-refractivity contribution < 1.29 is 18.3 Å². The van der Waals surface area contributed by atoms with Crippen LogP contribution in [0.4, 0.5) is 0 Å². The van der Waals surface area contributed by atoms with Crippen molar-refractivity contribution in [3.05, 3.63) is 11.9 Å². The van der Waals surface area contributed by atoms with Crippen LogP contribution < -0.4 is 4.72 Å². The van der Waals surface area contributed by atoms with Crippen LogP contribution in [0.2, 0.25) is 0 Å². The number of hydrogen-bond acceptors (Lipinski definition) is 5. The molecule has 0 aromatic carbocycles. The Bertz CT molecular complexity index is 612. The Morgan fingerprint density at radius 1 is 1.45 bits per heavy atom. The Balaban J connectivity index is 1.98. The lowest BCUT2D eigenvalue weighted by Gasteiger charge is -2.39. The zero-order chi connectivity index (χ0) is 15.1. The van der Waals surface area contributed by atoms with Crippen molar-refractivity contribution in [2.24, 2.45) is 0 Å². The molecule has 1 aromatic heterocycles. The normalized spacial score (nSPS) is 17.9. The van der Waals surface area contributed by atoms with Crippen molar-refractivity contribution in [1.82, 2.24) is 24.0 Å². The first-order valence-corrected chi connectivity index (χ1v) is 7.47. The smallest absolute Gasteiger partial charge is 0.358 e. The lowest BCUT2D eigenvalue weighted by molar-refractivity contribution is 0.0690. The van der Waals surface area contributed by atoms with Crippen LogP contribution in [0.25, 0.3) is 0 Å². The second-order valence-corrected chi connectivity index (χ2v) is 7.39. The fourth-order valence-electron chi connectivity index (χ4n) is 1.78. The molecule has 0 amide bonds. The van der Waals surface area contributed by atoms with Crippen LogP contribution in [0.3, 0.4) is 0 Å². The zero-order valence-corrected chi connectivity index (χ0v) is 12.3. The number of carboxylic acid groups (broad SMARTS) is 1. The van der Waals surface area contributed by atoms with Gasteiger partial charge in [0.05, 0.1) is 12.2 Å². The number of nitrogens with one attached hydrogen (secondary N) is 1. The van der Waals surface area contributed by atoms with Gasteiger partial charge in [-0.2, -0.15) is 17.4 Å². The fraction of sp³-hybridized carbons (Fsp3) is 0.700. The van der Waals surface area contributed by atoms with Crippen molar-refractivity contribution in [3.63, 3.8) is 0 Å². The topological polar surface area (TPSA) is 117 Å². The van der Waals surface area contributed by atoms with E-state index in [1.54, 1.807) is 20.8 Å². The third kappa shape index (κ3) is 3.14. The van der Waals surface area contributed by atoms with Gasteiger partial charge in [0.15, 0.2) is 5.69 Å². The van der Waals surface area contributed by atoms with E-state index in [4.69, 9.17) is 5.11 Å². The number of hydrogen-bond donors (Lipinski definition) is 2. The largest absolute Gasteiger partial charge is 0.476 e. The molecule has 1 aromatic rings. The number of carbonyl (C=O) groups is 1. The van der Waals surface area contributed by atoms with Crippen LogP contribution >= 0.6 is 0 Å². The summed E-state index contributed by atoms with van der Waals surface area (Å²) in [6.45, 7) is 5.77. The second-order valence-electron chi connectivity index (χ2n) is 5.72. The molecule has 0 atom stereocenters. The lowest BCUT2D eigenvalue weighted by Crippen LogP contribution is -2.57. The van der Waals surface area contributed by atoms with Gasteiger partial charge in [-0.25, -0.2) is 9.48 Å². The van der Waals surface area contributed by atoms with Crippen LogP contribution in [0.15, 0.2) is 6.20 Å². The van der Waals surface area contributed by atoms with Crippen molar-refractivity contribution in [1.29, 1.82) is 0 Å². The van der Waals surface area contributed by atoms with E-state index in [0.717, 1.165) is 0 Å². The molecule has 0 saturated carbocycles. The summed E-state index contributed by atoms with van der Waals surface area (Å²) in [6, 6.07) is -0.188. The number of aromatic carboxylic acids is 1. The minimum atomic E-state index is -3.53. The van der Waals surface area contributed by atoms with Gasteiger partial charge in [0, 0.05) is 18.6 Å². The van der Waals surface area contributed by atoms with Crippen LogP contribution in [-0.4, -0.2) is 57.4 Å². The molecule has 9 nitrogen and oxygen atoms in total. The highest BCUT2D eigenvalue weighted by Gasteiger charge is 2.39. The van der Waals surface area contributed by atoms with Crippen LogP contribution in [0.5, 0.6) is 0 Å². The second kappa shape index (κ2) is 4.79. The van der Waals surface area contributed by atoms with Gasteiger partial charge in [0.25, 0.3) is 10.2 Å². The van der Waals surface area contributed by atoms with Gasteiger partial charge in [0.2, 0.25) is 0 Å². The molecule has 0 bridgehead atoms. The molecule has 0 aliphatic carbocycles. The van der Waals surface area contributed by atoms with Gasteiger partial charge < -0.3 is 5.11 Å². The average molecular weight is 303 g/mol. The van der Waals surface area contributed by atoms with E-state index in [1.807, 2.05) is 0 Å². The predicted molar refractivity (Wildman–Crippen MR) is 69.4 cm³/mol. The van der Waals surface area contributed by atoms with E-state index in [9.17, 15) is 13.2 Å². The molecule has 1 aliphatic heterocycles. The number of rotatable bonds is 4. The molecule has 0 radical (unpaired) electrons. The molecular formula is C10H17N5O4S. The highest BCUT2D eigenvalue weighted by atomic mass is 32.2. The van der Waals surface area contributed by atoms with Crippen LogP contribution in [0.1, 0.15) is 37.3 Å². The molecule has 2 rings (SSSR count). The first kappa shape index (κ1) is 14.9. The monoisotopic (exact) mass is 303 g/mol. The van der Waals surface area contributed by atoms with E-state index in [1.165, 1.54) is 15.2 Å². The van der Waals surface area contributed by atoms with Gasteiger partial charge in [-0.05, 0) is 20.8 Å². The van der Waals surface area contributed by atoms with Gasteiger partial charge in [-0.3, -0.25) is 0 Å². The molecule has 10 heteroatoms. The standard InChI is InChI=1S/C10H17N5O4S/c1-10(2,3)12-20(18,19)14-4-7(5-14)15-6-8(9(16)17)11-13-15/h6-7,12H,4-5H2,1-3H3,(H,16,17). The summed E-state index contributed by atoms with van der Waals surface area (Å²) in [5.41, 5.74) is -0.702. The molecule has 1 aliphatic rings. The minimum absolute atomic E-state index is 0.154. The molecule has 1 saturated heterocycles. The minimum Gasteiger partial charge on any atom is -0.476 e.